The van der Waals surface area contributed by atoms with Crippen molar-refractivity contribution in [2.24, 2.45) is 5.11 Å². The molecule has 0 radical (unpaired) electrons. The molecule has 38 heavy (non-hydrogen) atoms. The Morgan fingerprint density at radius 3 is 1.79 bits per heavy atom. The monoisotopic (exact) mass is 529 g/mol. The summed E-state index contributed by atoms with van der Waals surface area (Å²) in [5, 5.41) is 12.6. The number of hydrogen-bond donors (Lipinski definition) is 1. The third-order valence-electron chi connectivity index (χ3n) is 6.60. The average Bonchev–Trinajstić information content (AvgIpc) is 3.23. The van der Waals surface area contributed by atoms with Gasteiger partial charge in [-0.1, -0.05) is 146 Å². The molecule has 0 saturated carbocycles. The number of fused-ring (bicyclic) bond motifs is 1. The molecule has 0 spiro atoms. The van der Waals surface area contributed by atoms with E-state index in [4.69, 9.17) is 10.6 Å². The zero-order valence-electron chi connectivity index (χ0n) is 24.4. The maximum absolute atomic E-state index is 10.9. The summed E-state index contributed by atoms with van der Waals surface area (Å²) < 4.78 is 4.55. The number of azide groups is 1. The Morgan fingerprint density at radius 1 is 0.842 bits per heavy atom. The summed E-state index contributed by atoms with van der Waals surface area (Å²) in [6.07, 6.45) is 26.7. The van der Waals surface area contributed by atoms with Crippen molar-refractivity contribution >= 4 is 5.97 Å². The summed E-state index contributed by atoms with van der Waals surface area (Å²) in [4.78, 5) is 13.6. The van der Waals surface area contributed by atoms with Crippen LogP contribution in [0.5, 0.6) is 0 Å². The number of benzene rings is 1. The number of cyclic esters (lactones) is 1. The van der Waals surface area contributed by atoms with E-state index in [2.05, 4.69) is 35.2 Å². The number of carbonyl (C=O) groups is 1. The van der Waals surface area contributed by atoms with Crippen LogP contribution in [-0.4, -0.2) is 17.6 Å². The van der Waals surface area contributed by atoms with Gasteiger partial charge in [-0.05, 0) is 30.9 Å². The van der Waals surface area contributed by atoms with Crippen molar-refractivity contribution in [3.63, 3.8) is 0 Å². The number of carbonyl (C=O) groups excluding carboxylic acids is 1. The van der Waals surface area contributed by atoms with Crippen LogP contribution in [0.25, 0.3) is 10.4 Å². The van der Waals surface area contributed by atoms with Crippen molar-refractivity contribution in [2.45, 2.75) is 142 Å². The molecule has 0 fully saturated rings. The Morgan fingerprint density at radius 2 is 1.32 bits per heavy atom. The fourth-order valence-electron chi connectivity index (χ4n) is 4.26. The Bertz CT molecular complexity index is 747. The van der Waals surface area contributed by atoms with Gasteiger partial charge in [-0.15, -0.1) is 6.58 Å². The van der Waals surface area contributed by atoms with Gasteiger partial charge in [0.25, 0.3) is 0 Å². The largest absolute Gasteiger partial charge is 0.428 e. The van der Waals surface area contributed by atoms with E-state index in [1.807, 2.05) is 6.08 Å². The lowest BCUT2D eigenvalue weighted by atomic mass is 10.1. The second kappa shape index (κ2) is 27.7. The van der Waals surface area contributed by atoms with Gasteiger partial charge in [-0.25, -0.2) is 4.79 Å². The number of aliphatic hydroxyl groups is 1. The van der Waals surface area contributed by atoms with E-state index in [1.165, 1.54) is 116 Å². The van der Waals surface area contributed by atoms with E-state index in [0.29, 0.717) is 17.7 Å². The molecule has 1 N–H and O–H groups in total. The van der Waals surface area contributed by atoms with Crippen LogP contribution in [0.4, 0.5) is 0 Å². The van der Waals surface area contributed by atoms with E-state index < -0.39 is 12.3 Å². The van der Waals surface area contributed by atoms with Gasteiger partial charge in [0.15, 0.2) is 0 Å². The summed E-state index contributed by atoms with van der Waals surface area (Å²) in [6, 6.07) is 6.79. The number of hydrogen-bond acceptors (Lipinski definition) is 4. The van der Waals surface area contributed by atoms with Crippen molar-refractivity contribution < 1.29 is 14.6 Å². The fraction of sp³-hybridized carbons (Fsp3) is 0.719. The van der Waals surface area contributed by atoms with Crippen LogP contribution in [0.2, 0.25) is 0 Å². The first-order valence-corrected chi connectivity index (χ1v) is 15.2. The minimum absolute atomic E-state index is 0.451. The standard InChI is InChI=1S/C12H25N3.C12H24.C8H6O3/c1-2-3-4-5-6-7-8-9-10-11-12-14-15-13;1-3-5-7-9-11-12-10-8-6-4-2;9-7-5-3-1-2-4-6(5)8(10)11-7/h2-12H2,1H3;3H,1,4-12H2,2H3;1-4,7,9H. The van der Waals surface area contributed by atoms with Crippen molar-refractivity contribution in [3.05, 3.63) is 58.5 Å². The molecule has 0 bridgehead atoms. The van der Waals surface area contributed by atoms with Crippen LogP contribution in [0, 0.1) is 0 Å². The predicted molar refractivity (Wildman–Crippen MR) is 160 cm³/mol. The highest BCUT2D eigenvalue weighted by molar-refractivity contribution is 5.93. The van der Waals surface area contributed by atoms with Crippen LogP contribution >= 0.6 is 0 Å². The Hall–Kier alpha value is -2.30. The SMILES string of the molecule is C=CCCCCCCCCCC.CCCCCCCCCCCCN=[N+]=[N-].O=C1OC(O)c2ccccc21. The molecule has 0 aromatic heterocycles. The van der Waals surface area contributed by atoms with Crippen molar-refractivity contribution in [1.82, 2.24) is 0 Å². The van der Waals surface area contributed by atoms with Gasteiger partial charge in [-0.2, -0.15) is 0 Å². The van der Waals surface area contributed by atoms with Crippen LogP contribution < -0.4 is 0 Å². The molecule has 1 heterocycles. The van der Waals surface area contributed by atoms with Crippen LogP contribution in [0.1, 0.15) is 158 Å². The van der Waals surface area contributed by atoms with Crippen molar-refractivity contribution in [3.8, 4) is 0 Å². The normalized spacial score (nSPS) is 13.2. The van der Waals surface area contributed by atoms with Crippen LogP contribution in [-0.2, 0) is 4.74 Å². The second-order valence-electron chi connectivity index (χ2n) is 10.0. The molecule has 1 atom stereocenters. The number of ether oxygens (including phenoxy) is 1. The molecule has 1 unspecified atom stereocenters. The molecule has 1 aromatic rings. The fourth-order valence-corrected chi connectivity index (χ4v) is 4.26. The summed E-state index contributed by atoms with van der Waals surface area (Å²) >= 11 is 0. The highest BCUT2D eigenvalue weighted by atomic mass is 16.6. The first-order chi connectivity index (χ1) is 18.6. The Labute approximate surface area is 232 Å². The number of aliphatic hydroxyl groups excluding tert-OH is 1. The molecule has 1 aliphatic heterocycles. The zero-order chi connectivity index (χ0) is 28.1. The molecular formula is C32H55N3O3. The molecule has 0 aliphatic carbocycles. The van der Waals surface area contributed by atoms with Gasteiger partial charge in [0.05, 0.1) is 5.56 Å². The lowest BCUT2D eigenvalue weighted by molar-refractivity contribution is -0.0547. The lowest BCUT2D eigenvalue weighted by Crippen LogP contribution is -1.95. The third kappa shape index (κ3) is 20.7. The Kier molecular flexibility index (Phi) is 26.0. The van der Waals surface area contributed by atoms with Gasteiger partial charge < -0.3 is 9.84 Å². The van der Waals surface area contributed by atoms with Crippen LogP contribution in [0.15, 0.2) is 42.0 Å². The molecule has 2 rings (SSSR count). The highest BCUT2D eigenvalue weighted by Crippen LogP contribution is 2.27. The summed E-state index contributed by atoms with van der Waals surface area (Å²) in [5.41, 5.74) is 9.08. The van der Waals surface area contributed by atoms with Gasteiger partial charge >= 0.3 is 5.97 Å². The molecule has 1 aliphatic rings. The second-order valence-corrected chi connectivity index (χ2v) is 10.0. The predicted octanol–water partition coefficient (Wildman–Crippen LogP) is 10.8. The average molecular weight is 530 g/mol. The van der Waals surface area contributed by atoms with Gasteiger partial charge in [0.2, 0.25) is 6.29 Å². The van der Waals surface area contributed by atoms with E-state index in [1.54, 1.807) is 24.3 Å². The smallest absolute Gasteiger partial charge is 0.341 e. The van der Waals surface area contributed by atoms with Gasteiger partial charge in [-0.3, -0.25) is 0 Å². The number of unbranched alkanes of at least 4 members (excludes halogenated alkanes) is 17. The number of nitrogens with zero attached hydrogens (tertiary/aromatic N) is 3. The summed E-state index contributed by atoms with van der Waals surface area (Å²) in [5.74, 6) is -0.451. The summed E-state index contributed by atoms with van der Waals surface area (Å²) in [7, 11) is 0. The van der Waals surface area contributed by atoms with Crippen LogP contribution in [0.3, 0.4) is 0 Å². The molecule has 6 heteroatoms. The quantitative estimate of drug-likeness (QED) is 0.0454. The molecule has 0 saturated heterocycles. The third-order valence-corrected chi connectivity index (χ3v) is 6.60. The zero-order valence-corrected chi connectivity index (χ0v) is 24.4. The number of allylic oxidation sites excluding steroid dienone is 1. The Balaban J connectivity index is 0.000000546. The first kappa shape index (κ1) is 35.7. The van der Waals surface area contributed by atoms with Crippen molar-refractivity contribution in [1.29, 1.82) is 0 Å². The van der Waals surface area contributed by atoms with E-state index in [-0.39, 0.29) is 0 Å². The number of esters is 1. The molecule has 216 valence electrons. The van der Waals surface area contributed by atoms with E-state index in [0.717, 1.165) is 6.42 Å². The molecule has 1 aromatic carbocycles. The van der Waals surface area contributed by atoms with E-state index in [9.17, 15) is 4.79 Å². The molecule has 0 amide bonds. The van der Waals surface area contributed by atoms with E-state index >= 15 is 0 Å². The minimum Gasteiger partial charge on any atom is -0.428 e. The minimum atomic E-state index is -1.07. The van der Waals surface area contributed by atoms with Gasteiger partial charge in [0.1, 0.15) is 0 Å². The topological polar surface area (TPSA) is 95.3 Å². The number of rotatable bonds is 20. The highest BCUT2D eigenvalue weighted by Gasteiger charge is 2.28. The molecule has 6 nitrogen and oxygen atoms in total. The van der Waals surface area contributed by atoms with Crippen molar-refractivity contribution in [2.75, 3.05) is 6.54 Å². The first-order valence-electron chi connectivity index (χ1n) is 15.2. The molecular weight excluding hydrogens is 474 g/mol. The maximum Gasteiger partial charge on any atom is 0.341 e. The maximum atomic E-state index is 10.9. The van der Waals surface area contributed by atoms with Gasteiger partial charge in [0, 0.05) is 17.0 Å². The summed E-state index contributed by atoms with van der Waals surface area (Å²) in [6.45, 7) is 8.91. The lowest BCUT2D eigenvalue weighted by Gasteiger charge is -2.00.